The lowest BCUT2D eigenvalue weighted by molar-refractivity contribution is -0.125. The first kappa shape index (κ1) is 14.9. The van der Waals surface area contributed by atoms with Crippen molar-refractivity contribution in [2.24, 2.45) is 17.3 Å². The average Bonchev–Trinajstić information content (AvgIpc) is 2.13. The van der Waals surface area contributed by atoms with Crippen LogP contribution >= 0.6 is 0 Å². The lowest BCUT2D eigenvalue weighted by Gasteiger charge is -2.41. The number of hydrogen-bond donors (Lipinski definition) is 1. The number of hydrogen-bond acceptors (Lipinski definition) is 2. The maximum absolute atomic E-state index is 9.32. The van der Waals surface area contributed by atoms with E-state index in [1.54, 1.807) is 0 Å². The monoisotopic (exact) mass is 216 g/mol. The van der Waals surface area contributed by atoms with E-state index >= 15 is 0 Å². The normalized spacial score (nSPS) is 15.8. The lowest BCUT2D eigenvalue weighted by Crippen LogP contribution is -2.45. The molecule has 0 saturated heterocycles. The summed E-state index contributed by atoms with van der Waals surface area (Å²) in [5.41, 5.74) is -0.491. The van der Waals surface area contributed by atoms with Crippen molar-refractivity contribution in [1.29, 1.82) is 0 Å². The summed E-state index contributed by atoms with van der Waals surface area (Å²) in [6, 6.07) is 0. The van der Waals surface area contributed by atoms with Gasteiger partial charge in [-0.05, 0) is 25.7 Å². The molecule has 0 bridgehead atoms. The second kappa shape index (κ2) is 5.31. The van der Waals surface area contributed by atoms with Crippen LogP contribution in [0.15, 0.2) is 0 Å². The van der Waals surface area contributed by atoms with Crippen LogP contribution in [0.25, 0.3) is 0 Å². The third-order valence-corrected chi connectivity index (χ3v) is 3.87. The Morgan fingerprint density at radius 1 is 1.07 bits per heavy atom. The SMILES string of the molecule is CC(C)C(C)COC(C)(C)C(C)(C)CO. The predicted molar refractivity (Wildman–Crippen MR) is 64.9 cm³/mol. The van der Waals surface area contributed by atoms with Crippen molar-refractivity contribution in [1.82, 2.24) is 0 Å². The van der Waals surface area contributed by atoms with Crippen molar-refractivity contribution < 1.29 is 9.84 Å². The van der Waals surface area contributed by atoms with E-state index < -0.39 is 0 Å². The summed E-state index contributed by atoms with van der Waals surface area (Å²) in [5.74, 6) is 1.19. The molecule has 0 aromatic carbocycles. The Labute approximate surface area is 95.0 Å². The predicted octanol–water partition coefficient (Wildman–Crippen LogP) is 3.09. The van der Waals surface area contributed by atoms with Crippen molar-refractivity contribution in [3.05, 3.63) is 0 Å². The molecule has 0 fully saturated rings. The zero-order valence-corrected chi connectivity index (χ0v) is 11.4. The molecule has 0 amide bonds. The van der Waals surface area contributed by atoms with Gasteiger partial charge in [0.1, 0.15) is 0 Å². The van der Waals surface area contributed by atoms with Gasteiger partial charge in [0.25, 0.3) is 0 Å². The van der Waals surface area contributed by atoms with Gasteiger partial charge in [0, 0.05) is 5.41 Å². The molecular weight excluding hydrogens is 188 g/mol. The van der Waals surface area contributed by atoms with Gasteiger partial charge in [0.05, 0.1) is 18.8 Å². The molecule has 0 aliphatic carbocycles. The van der Waals surface area contributed by atoms with Crippen molar-refractivity contribution >= 4 is 0 Å². The fourth-order valence-corrected chi connectivity index (χ4v) is 0.918. The third-order valence-electron chi connectivity index (χ3n) is 3.87. The topological polar surface area (TPSA) is 29.5 Å². The summed E-state index contributed by atoms with van der Waals surface area (Å²) in [4.78, 5) is 0. The van der Waals surface area contributed by atoms with Gasteiger partial charge in [-0.15, -0.1) is 0 Å². The first-order chi connectivity index (χ1) is 6.64. The van der Waals surface area contributed by atoms with Crippen LogP contribution in [-0.2, 0) is 4.74 Å². The summed E-state index contributed by atoms with van der Waals surface area (Å²) < 4.78 is 5.95. The smallest absolute Gasteiger partial charge is 0.0699 e. The van der Waals surface area contributed by atoms with E-state index in [9.17, 15) is 5.11 Å². The molecule has 0 aromatic rings. The molecule has 1 unspecified atom stereocenters. The summed E-state index contributed by atoms with van der Waals surface area (Å²) in [6.45, 7) is 15.7. The molecule has 2 heteroatoms. The van der Waals surface area contributed by atoms with Gasteiger partial charge in [-0.3, -0.25) is 0 Å². The molecule has 0 aromatic heterocycles. The molecule has 0 radical (unpaired) electrons. The van der Waals surface area contributed by atoms with Crippen molar-refractivity contribution in [3.63, 3.8) is 0 Å². The Bertz CT molecular complexity index is 183. The summed E-state index contributed by atoms with van der Waals surface area (Å²) in [5, 5.41) is 9.32. The van der Waals surface area contributed by atoms with Gasteiger partial charge in [0.15, 0.2) is 0 Å². The zero-order valence-electron chi connectivity index (χ0n) is 11.4. The molecule has 0 aliphatic heterocycles. The summed E-state index contributed by atoms with van der Waals surface area (Å²) in [6.07, 6.45) is 0. The molecule has 92 valence electrons. The molecule has 0 heterocycles. The van der Waals surface area contributed by atoms with Crippen molar-refractivity contribution in [2.45, 2.75) is 54.1 Å². The lowest BCUT2D eigenvalue weighted by atomic mass is 9.77. The van der Waals surface area contributed by atoms with Gasteiger partial charge in [-0.1, -0.05) is 34.6 Å². The molecule has 1 N–H and O–H groups in total. The highest BCUT2D eigenvalue weighted by Crippen LogP contribution is 2.33. The minimum Gasteiger partial charge on any atom is -0.396 e. The van der Waals surface area contributed by atoms with Crippen LogP contribution in [0.4, 0.5) is 0 Å². The van der Waals surface area contributed by atoms with Crippen LogP contribution in [-0.4, -0.2) is 23.9 Å². The van der Waals surface area contributed by atoms with Gasteiger partial charge < -0.3 is 9.84 Å². The fourth-order valence-electron chi connectivity index (χ4n) is 0.918. The largest absolute Gasteiger partial charge is 0.396 e. The van der Waals surface area contributed by atoms with E-state index in [1.807, 2.05) is 13.8 Å². The zero-order chi connectivity index (χ0) is 12.3. The molecule has 2 nitrogen and oxygen atoms in total. The number of ether oxygens (including phenoxy) is 1. The molecular formula is C13H28O2. The van der Waals surface area contributed by atoms with E-state index in [2.05, 4.69) is 34.6 Å². The second-order valence-electron chi connectivity index (χ2n) is 6.08. The summed E-state index contributed by atoms with van der Waals surface area (Å²) >= 11 is 0. The highest BCUT2D eigenvalue weighted by atomic mass is 16.5. The van der Waals surface area contributed by atoms with E-state index in [4.69, 9.17) is 4.74 Å². The van der Waals surface area contributed by atoms with Gasteiger partial charge in [-0.25, -0.2) is 0 Å². The van der Waals surface area contributed by atoms with Crippen LogP contribution in [0.5, 0.6) is 0 Å². The first-order valence-electron chi connectivity index (χ1n) is 5.89. The van der Waals surface area contributed by atoms with Crippen LogP contribution in [0.2, 0.25) is 0 Å². The summed E-state index contributed by atoms with van der Waals surface area (Å²) in [7, 11) is 0. The Morgan fingerprint density at radius 3 is 1.87 bits per heavy atom. The van der Waals surface area contributed by atoms with Gasteiger partial charge in [-0.2, -0.15) is 0 Å². The number of aliphatic hydroxyl groups is 1. The van der Waals surface area contributed by atoms with E-state index in [-0.39, 0.29) is 17.6 Å². The second-order valence-corrected chi connectivity index (χ2v) is 6.08. The minimum atomic E-state index is -0.287. The van der Waals surface area contributed by atoms with Gasteiger partial charge in [0.2, 0.25) is 0 Å². The molecule has 0 aliphatic rings. The third kappa shape index (κ3) is 4.12. The average molecular weight is 216 g/mol. The molecule has 0 spiro atoms. The van der Waals surface area contributed by atoms with Crippen LogP contribution < -0.4 is 0 Å². The Balaban J connectivity index is 4.27. The fraction of sp³-hybridized carbons (Fsp3) is 1.00. The Kier molecular flexibility index (Phi) is 5.28. The van der Waals surface area contributed by atoms with Gasteiger partial charge >= 0.3 is 0 Å². The van der Waals surface area contributed by atoms with E-state index in [1.165, 1.54) is 0 Å². The first-order valence-corrected chi connectivity index (χ1v) is 5.89. The molecule has 0 rings (SSSR count). The highest BCUT2D eigenvalue weighted by Gasteiger charge is 2.37. The van der Waals surface area contributed by atoms with Crippen molar-refractivity contribution in [3.8, 4) is 0 Å². The molecule has 15 heavy (non-hydrogen) atoms. The Hall–Kier alpha value is -0.0800. The minimum absolute atomic E-state index is 0.149. The Morgan fingerprint density at radius 2 is 1.53 bits per heavy atom. The molecule has 1 atom stereocenters. The van der Waals surface area contributed by atoms with Crippen LogP contribution in [0, 0.1) is 17.3 Å². The van der Waals surface area contributed by atoms with E-state index in [0.29, 0.717) is 11.8 Å². The number of rotatable bonds is 6. The maximum Gasteiger partial charge on any atom is 0.0699 e. The van der Waals surface area contributed by atoms with Crippen molar-refractivity contribution in [2.75, 3.05) is 13.2 Å². The van der Waals surface area contributed by atoms with Crippen LogP contribution in [0.3, 0.4) is 0 Å². The maximum atomic E-state index is 9.32. The standard InChI is InChI=1S/C13H28O2/c1-10(2)11(3)8-15-13(6,7)12(4,5)9-14/h10-11,14H,8-9H2,1-7H3. The van der Waals surface area contributed by atoms with E-state index in [0.717, 1.165) is 6.61 Å². The molecule has 0 saturated carbocycles. The highest BCUT2D eigenvalue weighted by molar-refractivity contribution is 4.87. The number of aliphatic hydroxyl groups excluding tert-OH is 1. The van der Waals surface area contributed by atoms with Crippen LogP contribution in [0.1, 0.15) is 48.5 Å². The quantitative estimate of drug-likeness (QED) is 0.739.